The van der Waals surface area contributed by atoms with Gasteiger partial charge in [-0.25, -0.2) is 0 Å². The third-order valence-corrected chi connectivity index (χ3v) is 4.44. The first-order valence-electron chi connectivity index (χ1n) is 7.66. The van der Waals surface area contributed by atoms with E-state index in [1.54, 1.807) is 0 Å². The van der Waals surface area contributed by atoms with Crippen LogP contribution >= 0.6 is 11.6 Å². The van der Waals surface area contributed by atoms with Crippen molar-refractivity contribution in [3.05, 3.63) is 63.2 Å². The first-order chi connectivity index (χ1) is 10.5. The lowest BCUT2D eigenvalue weighted by molar-refractivity contribution is 0.102. The van der Waals surface area contributed by atoms with Crippen LogP contribution in [-0.2, 0) is 12.8 Å². The molecular weight excluding hydrogens is 294 g/mol. The van der Waals surface area contributed by atoms with Crippen molar-refractivity contribution in [2.75, 3.05) is 5.32 Å². The van der Waals surface area contributed by atoms with Crippen LogP contribution in [0.5, 0.6) is 0 Å². The van der Waals surface area contributed by atoms with Gasteiger partial charge in [-0.05, 0) is 67.1 Å². The summed E-state index contributed by atoms with van der Waals surface area (Å²) in [4.78, 5) is 12.6. The minimum Gasteiger partial charge on any atom is -0.321 e. The van der Waals surface area contributed by atoms with Crippen molar-refractivity contribution in [3.8, 4) is 0 Å². The van der Waals surface area contributed by atoms with E-state index in [0.29, 0.717) is 10.6 Å². The second kappa shape index (κ2) is 6.97. The number of hydrogen-bond donors (Lipinski definition) is 1. The lowest BCUT2D eigenvalue weighted by Crippen LogP contribution is -2.15. The largest absolute Gasteiger partial charge is 0.321 e. The molecule has 3 heteroatoms. The summed E-state index contributed by atoms with van der Waals surface area (Å²) in [6.45, 7) is 8.18. The minimum absolute atomic E-state index is 0.0882. The molecule has 2 rings (SSSR count). The molecule has 0 aliphatic heterocycles. The Morgan fingerprint density at radius 2 is 1.77 bits per heavy atom. The van der Waals surface area contributed by atoms with E-state index >= 15 is 0 Å². The molecule has 2 aromatic carbocycles. The first-order valence-corrected chi connectivity index (χ1v) is 8.04. The van der Waals surface area contributed by atoms with Crippen LogP contribution in [0.2, 0.25) is 5.02 Å². The van der Waals surface area contributed by atoms with Gasteiger partial charge in [0.05, 0.1) is 0 Å². The normalized spacial score (nSPS) is 10.6. The highest BCUT2D eigenvalue weighted by atomic mass is 35.5. The Kier molecular flexibility index (Phi) is 5.25. The van der Waals surface area contributed by atoms with Gasteiger partial charge in [-0.3, -0.25) is 4.79 Å². The molecular formula is C19H22ClNO. The highest BCUT2D eigenvalue weighted by Crippen LogP contribution is 2.30. The molecule has 0 saturated heterocycles. The molecule has 1 N–H and O–H groups in total. The number of benzene rings is 2. The van der Waals surface area contributed by atoms with Crippen LogP contribution in [0.15, 0.2) is 30.3 Å². The highest BCUT2D eigenvalue weighted by Gasteiger charge is 2.14. The molecule has 2 aromatic rings. The van der Waals surface area contributed by atoms with E-state index in [2.05, 4.69) is 12.2 Å². The van der Waals surface area contributed by atoms with Crippen LogP contribution in [0, 0.1) is 13.8 Å². The van der Waals surface area contributed by atoms with Crippen molar-refractivity contribution in [1.82, 2.24) is 0 Å². The van der Waals surface area contributed by atoms with E-state index in [-0.39, 0.29) is 5.91 Å². The van der Waals surface area contributed by atoms with E-state index in [1.165, 1.54) is 5.56 Å². The minimum atomic E-state index is -0.0882. The number of carbonyl (C=O) groups is 1. The molecule has 0 saturated carbocycles. The maximum absolute atomic E-state index is 12.6. The third kappa shape index (κ3) is 3.33. The fourth-order valence-corrected chi connectivity index (χ4v) is 2.83. The summed E-state index contributed by atoms with van der Waals surface area (Å²) in [6, 6.07) is 9.65. The lowest BCUT2D eigenvalue weighted by atomic mass is 10.0. The molecule has 0 atom stereocenters. The van der Waals surface area contributed by atoms with Gasteiger partial charge in [-0.2, -0.15) is 0 Å². The van der Waals surface area contributed by atoms with Crippen molar-refractivity contribution in [3.63, 3.8) is 0 Å². The summed E-state index contributed by atoms with van der Waals surface area (Å²) in [5.74, 6) is -0.0882. The Morgan fingerprint density at radius 1 is 1.05 bits per heavy atom. The van der Waals surface area contributed by atoms with Gasteiger partial charge in [0.25, 0.3) is 5.91 Å². The molecule has 0 fully saturated rings. The number of carbonyl (C=O) groups excluding carboxylic acids is 1. The van der Waals surface area contributed by atoms with Gasteiger partial charge >= 0.3 is 0 Å². The summed E-state index contributed by atoms with van der Waals surface area (Å²) >= 11 is 6.28. The molecule has 0 heterocycles. The fraction of sp³-hybridized carbons (Fsp3) is 0.316. The Hall–Kier alpha value is -1.80. The van der Waals surface area contributed by atoms with E-state index in [0.717, 1.165) is 35.2 Å². The van der Waals surface area contributed by atoms with Gasteiger partial charge in [0.1, 0.15) is 0 Å². The summed E-state index contributed by atoms with van der Waals surface area (Å²) in [7, 11) is 0. The van der Waals surface area contributed by atoms with Crippen LogP contribution in [-0.4, -0.2) is 5.91 Å². The smallest absolute Gasteiger partial charge is 0.255 e. The SMILES string of the molecule is CCc1ccc(Cl)c(CC)c1NC(=O)c1ccc(C)c(C)c1. The van der Waals surface area contributed by atoms with Gasteiger partial charge < -0.3 is 5.32 Å². The van der Waals surface area contributed by atoms with Crippen LogP contribution in [0.1, 0.15) is 46.5 Å². The number of rotatable bonds is 4. The number of anilines is 1. The topological polar surface area (TPSA) is 29.1 Å². The standard InChI is InChI=1S/C19H22ClNO/c1-5-14-9-10-17(20)16(6-2)18(14)21-19(22)15-8-7-12(3)13(4)11-15/h7-11H,5-6H2,1-4H3,(H,21,22). The number of amides is 1. The van der Waals surface area contributed by atoms with E-state index in [4.69, 9.17) is 11.6 Å². The Morgan fingerprint density at radius 3 is 2.36 bits per heavy atom. The second-order valence-electron chi connectivity index (χ2n) is 5.52. The molecule has 0 bridgehead atoms. The Balaban J connectivity index is 2.39. The molecule has 116 valence electrons. The summed E-state index contributed by atoms with van der Waals surface area (Å²) in [5.41, 5.74) is 5.94. The Bertz CT molecular complexity index is 707. The van der Waals surface area contributed by atoms with Crippen LogP contribution in [0.4, 0.5) is 5.69 Å². The van der Waals surface area contributed by atoms with Crippen molar-refractivity contribution < 1.29 is 4.79 Å². The predicted octanol–water partition coefficient (Wildman–Crippen LogP) is 5.33. The van der Waals surface area contributed by atoms with Crippen molar-refractivity contribution in [2.45, 2.75) is 40.5 Å². The third-order valence-electron chi connectivity index (χ3n) is 4.08. The molecule has 0 aromatic heterocycles. The molecule has 0 spiro atoms. The van der Waals surface area contributed by atoms with Crippen molar-refractivity contribution in [1.29, 1.82) is 0 Å². The quantitative estimate of drug-likeness (QED) is 0.811. The molecule has 0 aliphatic rings. The average molecular weight is 316 g/mol. The second-order valence-corrected chi connectivity index (χ2v) is 5.93. The van der Waals surface area contributed by atoms with Gasteiger partial charge in [0.15, 0.2) is 0 Å². The maximum Gasteiger partial charge on any atom is 0.255 e. The van der Waals surface area contributed by atoms with E-state index in [9.17, 15) is 4.79 Å². The van der Waals surface area contributed by atoms with Gasteiger partial charge in [-0.1, -0.05) is 37.6 Å². The summed E-state index contributed by atoms with van der Waals surface area (Å²) in [5, 5.41) is 3.77. The van der Waals surface area contributed by atoms with Crippen LogP contribution in [0.25, 0.3) is 0 Å². The van der Waals surface area contributed by atoms with Crippen LogP contribution < -0.4 is 5.32 Å². The maximum atomic E-state index is 12.6. The number of aryl methyl sites for hydroxylation is 3. The lowest BCUT2D eigenvalue weighted by Gasteiger charge is -2.16. The van der Waals surface area contributed by atoms with E-state index in [1.807, 2.05) is 51.1 Å². The summed E-state index contributed by atoms with van der Waals surface area (Å²) in [6.07, 6.45) is 1.64. The van der Waals surface area contributed by atoms with Crippen LogP contribution in [0.3, 0.4) is 0 Å². The molecule has 1 amide bonds. The molecule has 0 aliphatic carbocycles. The van der Waals surface area contributed by atoms with Crippen molar-refractivity contribution >= 4 is 23.2 Å². The Labute approximate surface area is 137 Å². The number of hydrogen-bond acceptors (Lipinski definition) is 1. The molecule has 22 heavy (non-hydrogen) atoms. The zero-order valence-corrected chi connectivity index (χ0v) is 14.3. The molecule has 0 radical (unpaired) electrons. The van der Waals surface area contributed by atoms with E-state index < -0.39 is 0 Å². The van der Waals surface area contributed by atoms with Gasteiger partial charge in [0.2, 0.25) is 0 Å². The highest BCUT2D eigenvalue weighted by molar-refractivity contribution is 6.32. The van der Waals surface area contributed by atoms with Crippen molar-refractivity contribution in [2.24, 2.45) is 0 Å². The fourth-order valence-electron chi connectivity index (χ4n) is 2.54. The average Bonchev–Trinajstić information content (AvgIpc) is 2.50. The first kappa shape index (κ1) is 16.6. The number of nitrogens with one attached hydrogen (secondary N) is 1. The molecule has 2 nitrogen and oxygen atoms in total. The molecule has 0 unspecified atom stereocenters. The predicted molar refractivity (Wildman–Crippen MR) is 94.1 cm³/mol. The summed E-state index contributed by atoms with van der Waals surface area (Å²) < 4.78 is 0. The zero-order chi connectivity index (χ0) is 16.3. The number of halogens is 1. The monoisotopic (exact) mass is 315 g/mol. The zero-order valence-electron chi connectivity index (χ0n) is 13.6. The van der Waals surface area contributed by atoms with Gasteiger partial charge in [0, 0.05) is 16.3 Å². The van der Waals surface area contributed by atoms with Gasteiger partial charge in [-0.15, -0.1) is 0 Å².